The zero-order chi connectivity index (χ0) is 8.27. The molecule has 1 aromatic carbocycles. The molecule has 0 N–H and O–H groups in total. The van der Waals surface area contributed by atoms with Crippen LogP contribution in [-0.4, -0.2) is 0 Å². The molecule has 0 fully saturated rings. The highest BCUT2D eigenvalue weighted by Gasteiger charge is 1.96. The van der Waals surface area contributed by atoms with E-state index in [0.29, 0.717) is 5.88 Å². The Balaban J connectivity index is 3.16. The standard InChI is InChI=1S/C10H11Cl/c1-3-9-6-8(2)4-5-10(9)7-11/h3-6H,1,7H2,2H3. The molecule has 1 rings (SSSR count). The van der Waals surface area contributed by atoms with Gasteiger partial charge in [-0.2, -0.15) is 0 Å². The summed E-state index contributed by atoms with van der Waals surface area (Å²) in [4.78, 5) is 0. The quantitative estimate of drug-likeness (QED) is 0.591. The lowest BCUT2D eigenvalue weighted by Crippen LogP contribution is -1.84. The lowest BCUT2D eigenvalue weighted by Gasteiger charge is -2.02. The minimum Gasteiger partial charge on any atom is -0.122 e. The van der Waals surface area contributed by atoms with E-state index in [1.165, 1.54) is 5.56 Å². The second kappa shape index (κ2) is 3.59. The molecule has 58 valence electrons. The average Bonchev–Trinajstić information content (AvgIpc) is 2.04. The number of hydrogen-bond acceptors (Lipinski definition) is 0. The SMILES string of the molecule is C=Cc1cc(C)ccc1CCl. The molecule has 0 amide bonds. The molecule has 0 unspecified atom stereocenters. The van der Waals surface area contributed by atoms with Crippen LogP contribution in [0, 0.1) is 6.92 Å². The monoisotopic (exact) mass is 166 g/mol. The highest BCUT2D eigenvalue weighted by atomic mass is 35.5. The molecule has 0 aliphatic carbocycles. The molecular formula is C10H11Cl. The Hall–Kier alpha value is -0.750. The van der Waals surface area contributed by atoms with Gasteiger partial charge in [-0.1, -0.05) is 36.4 Å². The van der Waals surface area contributed by atoms with Gasteiger partial charge in [0.2, 0.25) is 0 Å². The van der Waals surface area contributed by atoms with Crippen LogP contribution in [0.25, 0.3) is 6.08 Å². The van der Waals surface area contributed by atoms with Gasteiger partial charge in [0.05, 0.1) is 0 Å². The predicted molar refractivity (Wildman–Crippen MR) is 50.8 cm³/mol. The Kier molecular flexibility index (Phi) is 2.72. The summed E-state index contributed by atoms with van der Waals surface area (Å²) in [6, 6.07) is 6.19. The van der Waals surface area contributed by atoms with Gasteiger partial charge in [-0.3, -0.25) is 0 Å². The highest BCUT2D eigenvalue weighted by molar-refractivity contribution is 6.17. The fourth-order valence-electron chi connectivity index (χ4n) is 1.03. The molecule has 1 aromatic rings. The topological polar surface area (TPSA) is 0 Å². The van der Waals surface area contributed by atoms with Gasteiger partial charge in [-0.25, -0.2) is 0 Å². The second-order valence-electron chi connectivity index (χ2n) is 2.54. The molecule has 0 saturated heterocycles. The first-order valence-corrected chi connectivity index (χ1v) is 4.09. The van der Waals surface area contributed by atoms with Gasteiger partial charge in [0.1, 0.15) is 0 Å². The van der Waals surface area contributed by atoms with Crippen molar-refractivity contribution in [3.63, 3.8) is 0 Å². The predicted octanol–water partition coefficient (Wildman–Crippen LogP) is 3.38. The van der Waals surface area contributed by atoms with Crippen molar-refractivity contribution in [2.75, 3.05) is 0 Å². The largest absolute Gasteiger partial charge is 0.122 e. The maximum atomic E-state index is 5.72. The minimum absolute atomic E-state index is 0.557. The zero-order valence-electron chi connectivity index (χ0n) is 6.60. The summed E-state index contributed by atoms with van der Waals surface area (Å²) in [5.74, 6) is 0.557. The van der Waals surface area contributed by atoms with E-state index in [1.54, 1.807) is 0 Å². The van der Waals surface area contributed by atoms with E-state index in [1.807, 2.05) is 12.1 Å². The first-order valence-electron chi connectivity index (χ1n) is 3.56. The van der Waals surface area contributed by atoms with Crippen molar-refractivity contribution in [1.29, 1.82) is 0 Å². The molecule has 11 heavy (non-hydrogen) atoms. The van der Waals surface area contributed by atoms with Crippen LogP contribution in [0.4, 0.5) is 0 Å². The molecule has 0 radical (unpaired) electrons. The summed E-state index contributed by atoms with van der Waals surface area (Å²) < 4.78 is 0. The van der Waals surface area contributed by atoms with Crippen LogP contribution >= 0.6 is 11.6 Å². The highest BCUT2D eigenvalue weighted by Crippen LogP contribution is 2.14. The molecule has 0 aromatic heterocycles. The van der Waals surface area contributed by atoms with Gasteiger partial charge < -0.3 is 0 Å². The van der Waals surface area contributed by atoms with Crippen LogP contribution < -0.4 is 0 Å². The first kappa shape index (κ1) is 8.35. The van der Waals surface area contributed by atoms with Crippen LogP contribution in [0.15, 0.2) is 24.8 Å². The number of hydrogen-bond donors (Lipinski definition) is 0. The minimum atomic E-state index is 0.557. The van der Waals surface area contributed by atoms with E-state index in [4.69, 9.17) is 11.6 Å². The molecule has 1 heteroatoms. The third kappa shape index (κ3) is 1.84. The van der Waals surface area contributed by atoms with Crippen molar-refractivity contribution in [3.8, 4) is 0 Å². The van der Waals surface area contributed by atoms with Crippen molar-refractivity contribution in [1.82, 2.24) is 0 Å². The van der Waals surface area contributed by atoms with Crippen LogP contribution in [0.1, 0.15) is 16.7 Å². The van der Waals surface area contributed by atoms with Crippen molar-refractivity contribution >= 4 is 17.7 Å². The fourth-order valence-corrected chi connectivity index (χ4v) is 1.27. The van der Waals surface area contributed by atoms with E-state index < -0.39 is 0 Å². The van der Waals surface area contributed by atoms with Crippen molar-refractivity contribution < 1.29 is 0 Å². The van der Waals surface area contributed by atoms with E-state index in [0.717, 1.165) is 11.1 Å². The summed E-state index contributed by atoms with van der Waals surface area (Å²) in [5.41, 5.74) is 3.53. The smallest absolute Gasteiger partial charge is 0.0479 e. The van der Waals surface area contributed by atoms with E-state index in [-0.39, 0.29) is 0 Å². The maximum absolute atomic E-state index is 5.72. The van der Waals surface area contributed by atoms with Crippen LogP contribution in [-0.2, 0) is 5.88 Å². The van der Waals surface area contributed by atoms with Crippen molar-refractivity contribution in [2.45, 2.75) is 12.8 Å². The number of halogens is 1. The van der Waals surface area contributed by atoms with E-state index >= 15 is 0 Å². The lowest BCUT2D eigenvalue weighted by atomic mass is 10.1. The number of rotatable bonds is 2. The molecule has 0 aliphatic rings. The fraction of sp³-hybridized carbons (Fsp3) is 0.200. The molecule has 0 bridgehead atoms. The summed E-state index contributed by atoms with van der Waals surface area (Å²) >= 11 is 5.72. The Labute approximate surface area is 72.5 Å². The van der Waals surface area contributed by atoms with E-state index in [2.05, 4.69) is 25.6 Å². The average molecular weight is 167 g/mol. The lowest BCUT2D eigenvalue weighted by molar-refractivity contribution is 1.34. The maximum Gasteiger partial charge on any atom is 0.0479 e. The second-order valence-corrected chi connectivity index (χ2v) is 2.81. The van der Waals surface area contributed by atoms with Crippen molar-refractivity contribution in [3.05, 3.63) is 41.5 Å². The van der Waals surface area contributed by atoms with Gasteiger partial charge >= 0.3 is 0 Å². The van der Waals surface area contributed by atoms with Gasteiger partial charge in [-0.05, 0) is 18.1 Å². The molecule has 0 atom stereocenters. The third-order valence-corrected chi connectivity index (χ3v) is 1.95. The molecular weight excluding hydrogens is 156 g/mol. The van der Waals surface area contributed by atoms with Crippen LogP contribution in [0.5, 0.6) is 0 Å². The van der Waals surface area contributed by atoms with Crippen LogP contribution in [0.2, 0.25) is 0 Å². The van der Waals surface area contributed by atoms with Gasteiger partial charge in [0, 0.05) is 5.88 Å². The van der Waals surface area contributed by atoms with E-state index in [9.17, 15) is 0 Å². The summed E-state index contributed by atoms with van der Waals surface area (Å²) in [6.07, 6.45) is 1.84. The summed E-state index contributed by atoms with van der Waals surface area (Å²) in [7, 11) is 0. The first-order chi connectivity index (χ1) is 5.27. The zero-order valence-corrected chi connectivity index (χ0v) is 7.36. The normalized spacial score (nSPS) is 9.64. The molecule has 0 spiro atoms. The Bertz CT molecular complexity index is 264. The molecule has 0 saturated carbocycles. The molecule has 0 heterocycles. The van der Waals surface area contributed by atoms with Crippen LogP contribution in [0.3, 0.4) is 0 Å². The Morgan fingerprint density at radius 1 is 1.55 bits per heavy atom. The van der Waals surface area contributed by atoms with Gasteiger partial charge in [0.15, 0.2) is 0 Å². The summed E-state index contributed by atoms with van der Waals surface area (Å²) in [6.45, 7) is 5.78. The van der Waals surface area contributed by atoms with Gasteiger partial charge in [-0.15, -0.1) is 11.6 Å². The number of benzene rings is 1. The number of alkyl halides is 1. The summed E-state index contributed by atoms with van der Waals surface area (Å²) in [5, 5.41) is 0. The molecule has 0 aliphatic heterocycles. The van der Waals surface area contributed by atoms with Crippen molar-refractivity contribution in [2.24, 2.45) is 0 Å². The third-order valence-electron chi connectivity index (χ3n) is 1.67. The Morgan fingerprint density at radius 3 is 2.82 bits per heavy atom. The Morgan fingerprint density at radius 2 is 2.27 bits per heavy atom. The van der Waals surface area contributed by atoms with Gasteiger partial charge in [0.25, 0.3) is 0 Å². The molecule has 0 nitrogen and oxygen atoms in total. The number of aryl methyl sites for hydroxylation is 1.